The molecule has 0 N–H and O–H groups in total. The predicted molar refractivity (Wildman–Crippen MR) is 92.8 cm³/mol. The van der Waals surface area contributed by atoms with Crippen molar-refractivity contribution in [2.45, 2.75) is 25.2 Å². The summed E-state index contributed by atoms with van der Waals surface area (Å²) in [6.45, 7) is 3.96. The van der Waals surface area contributed by atoms with E-state index in [4.69, 9.17) is 0 Å². The molecule has 22 heavy (non-hydrogen) atoms. The van der Waals surface area contributed by atoms with E-state index < -0.39 is 10.0 Å². The molecule has 0 aliphatic carbocycles. The highest BCUT2D eigenvalue weighted by Gasteiger charge is 2.21. The number of benzene rings is 2. The van der Waals surface area contributed by atoms with Gasteiger partial charge in [0.15, 0.2) is 0 Å². The Morgan fingerprint density at radius 1 is 1.09 bits per heavy atom. The molecular formula is C17H16BrNO2S. The Kier molecular flexibility index (Phi) is 3.87. The van der Waals surface area contributed by atoms with Gasteiger partial charge in [0.05, 0.1) is 10.4 Å². The summed E-state index contributed by atoms with van der Waals surface area (Å²) in [6.07, 6.45) is 2.41. The summed E-state index contributed by atoms with van der Waals surface area (Å²) in [5, 5.41) is 0.912. The van der Waals surface area contributed by atoms with E-state index in [1.54, 1.807) is 18.3 Å². The van der Waals surface area contributed by atoms with Crippen molar-refractivity contribution < 1.29 is 8.42 Å². The minimum absolute atomic E-state index is 0.299. The first kappa shape index (κ1) is 15.3. The highest BCUT2D eigenvalue weighted by Crippen LogP contribution is 2.32. The van der Waals surface area contributed by atoms with E-state index in [2.05, 4.69) is 15.9 Å². The van der Waals surface area contributed by atoms with Crippen molar-refractivity contribution in [1.82, 2.24) is 3.97 Å². The Morgan fingerprint density at radius 2 is 1.77 bits per heavy atom. The lowest BCUT2D eigenvalue weighted by molar-refractivity contribution is 0.589. The van der Waals surface area contributed by atoms with Gasteiger partial charge < -0.3 is 0 Å². The normalized spacial score (nSPS) is 12.0. The molecule has 0 saturated heterocycles. The SMILES string of the molecule is CCc1cccc2c(Br)cn(S(=O)(=O)c3ccc(C)cc3)c12. The van der Waals surface area contributed by atoms with Crippen LogP contribution in [0.15, 0.2) is 58.0 Å². The van der Waals surface area contributed by atoms with E-state index in [-0.39, 0.29) is 0 Å². The minimum Gasteiger partial charge on any atom is -0.240 e. The highest BCUT2D eigenvalue weighted by molar-refractivity contribution is 9.10. The van der Waals surface area contributed by atoms with Crippen molar-refractivity contribution in [3.8, 4) is 0 Å². The fourth-order valence-electron chi connectivity index (χ4n) is 2.58. The lowest BCUT2D eigenvalue weighted by atomic mass is 10.1. The summed E-state index contributed by atoms with van der Waals surface area (Å²) < 4.78 is 28.1. The number of para-hydroxylation sites is 1. The summed E-state index contributed by atoms with van der Waals surface area (Å²) in [7, 11) is -3.61. The molecule has 0 radical (unpaired) electrons. The van der Waals surface area contributed by atoms with Crippen molar-refractivity contribution in [3.63, 3.8) is 0 Å². The summed E-state index contributed by atoms with van der Waals surface area (Å²) in [6, 6.07) is 12.8. The molecule has 114 valence electrons. The zero-order valence-electron chi connectivity index (χ0n) is 12.4. The van der Waals surface area contributed by atoms with Gasteiger partial charge in [0.1, 0.15) is 0 Å². The second-order valence-electron chi connectivity index (χ2n) is 5.26. The molecule has 0 saturated carbocycles. The highest BCUT2D eigenvalue weighted by atomic mass is 79.9. The molecule has 0 atom stereocenters. The number of halogens is 1. The third-order valence-corrected chi connectivity index (χ3v) is 6.09. The Balaban J connectivity index is 2.32. The van der Waals surface area contributed by atoms with Crippen molar-refractivity contribution in [1.29, 1.82) is 0 Å². The van der Waals surface area contributed by atoms with Gasteiger partial charge >= 0.3 is 0 Å². The van der Waals surface area contributed by atoms with E-state index in [1.807, 2.05) is 44.2 Å². The van der Waals surface area contributed by atoms with Crippen LogP contribution >= 0.6 is 15.9 Å². The zero-order chi connectivity index (χ0) is 15.9. The van der Waals surface area contributed by atoms with Gasteiger partial charge in [0.25, 0.3) is 10.0 Å². The van der Waals surface area contributed by atoms with Gasteiger partial charge in [0, 0.05) is 16.1 Å². The van der Waals surface area contributed by atoms with Crippen molar-refractivity contribution in [2.75, 3.05) is 0 Å². The fourth-order valence-corrected chi connectivity index (χ4v) is 4.65. The summed E-state index contributed by atoms with van der Waals surface area (Å²) in [5.74, 6) is 0. The molecule has 1 heterocycles. The standard InChI is InChI=1S/C17H16BrNO2S/c1-3-13-5-4-6-15-16(18)11-19(17(13)15)22(20,21)14-9-7-12(2)8-10-14/h4-11H,3H2,1-2H3. The second-order valence-corrected chi connectivity index (χ2v) is 7.93. The number of hydrogen-bond acceptors (Lipinski definition) is 2. The number of nitrogens with zero attached hydrogens (tertiary/aromatic N) is 1. The minimum atomic E-state index is -3.61. The topological polar surface area (TPSA) is 39.1 Å². The van der Waals surface area contributed by atoms with Crippen LogP contribution < -0.4 is 0 Å². The second kappa shape index (κ2) is 5.56. The molecule has 0 aliphatic rings. The smallest absolute Gasteiger partial charge is 0.240 e. The molecule has 0 spiro atoms. The van der Waals surface area contributed by atoms with Gasteiger partial charge in [-0.2, -0.15) is 0 Å². The van der Waals surface area contributed by atoms with E-state index in [1.165, 1.54) is 3.97 Å². The molecule has 0 bridgehead atoms. The van der Waals surface area contributed by atoms with E-state index >= 15 is 0 Å². The number of rotatable bonds is 3. The Labute approximate surface area is 138 Å². The maximum atomic E-state index is 13.0. The largest absolute Gasteiger partial charge is 0.268 e. The summed E-state index contributed by atoms with van der Waals surface area (Å²) in [4.78, 5) is 0.299. The van der Waals surface area contributed by atoms with Crippen LogP contribution in [0, 0.1) is 6.92 Å². The maximum Gasteiger partial charge on any atom is 0.268 e. The first-order chi connectivity index (χ1) is 10.4. The van der Waals surface area contributed by atoms with E-state index in [0.717, 1.165) is 32.9 Å². The van der Waals surface area contributed by atoms with Crippen LogP contribution in [0.1, 0.15) is 18.1 Å². The molecule has 3 nitrogen and oxygen atoms in total. The van der Waals surface area contributed by atoms with Gasteiger partial charge in [-0.15, -0.1) is 0 Å². The Hall–Kier alpha value is -1.59. The van der Waals surface area contributed by atoms with Crippen LogP contribution in [0.3, 0.4) is 0 Å². The Bertz CT molecular complexity index is 941. The molecule has 3 aromatic rings. The van der Waals surface area contributed by atoms with Crippen molar-refractivity contribution in [2.24, 2.45) is 0 Å². The van der Waals surface area contributed by atoms with Crippen LogP contribution in [0.5, 0.6) is 0 Å². The molecule has 5 heteroatoms. The van der Waals surface area contributed by atoms with Gasteiger partial charge in [-0.3, -0.25) is 0 Å². The van der Waals surface area contributed by atoms with E-state index in [0.29, 0.717) is 4.90 Å². The molecular weight excluding hydrogens is 362 g/mol. The van der Waals surface area contributed by atoms with Crippen LogP contribution in [0.4, 0.5) is 0 Å². The molecule has 0 amide bonds. The average molecular weight is 378 g/mol. The van der Waals surface area contributed by atoms with Gasteiger partial charge in [-0.1, -0.05) is 42.8 Å². The predicted octanol–water partition coefficient (Wildman–Crippen LogP) is 4.51. The summed E-state index contributed by atoms with van der Waals surface area (Å²) in [5.41, 5.74) is 2.79. The van der Waals surface area contributed by atoms with Gasteiger partial charge in [0.2, 0.25) is 0 Å². The van der Waals surface area contributed by atoms with Gasteiger partial charge in [-0.25, -0.2) is 12.4 Å². The zero-order valence-corrected chi connectivity index (χ0v) is 14.8. The molecule has 2 aromatic carbocycles. The number of hydrogen-bond donors (Lipinski definition) is 0. The lowest BCUT2D eigenvalue weighted by Crippen LogP contribution is -2.12. The van der Waals surface area contributed by atoms with Crippen LogP contribution in [-0.4, -0.2) is 12.4 Å². The quantitative estimate of drug-likeness (QED) is 0.673. The number of aryl methyl sites for hydroxylation is 2. The fraction of sp³-hybridized carbons (Fsp3) is 0.176. The van der Waals surface area contributed by atoms with Crippen molar-refractivity contribution >= 4 is 36.9 Å². The number of aromatic nitrogens is 1. The molecule has 3 rings (SSSR count). The average Bonchev–Trinajstić information content (AvgIpc) is 2.86. The third kappa shape index (κ3) is 2.38. The molecule has 0 fully saturated rings. The lowest BCUT2D eigenvalue weighted by Gasteiger charge is -2.10. The summed E-state index contributed by atoms with van der Waals surface area (Å²) >= 11 is 3.47. The van der Waals surface area contributed by atoms with E-state index in [9.17, 15) is 8.42 Å². The monoisotopic (exact) mass is 377 g/mol. The van der Waals surface area contributed by atoms with Crippen molar-refractivity contribution in [3.05, 3.63) is 64.3 Å². The molecule has 0 aliphatic heterocycles. The first-order valence-corrected chi connectivity index (χ1v) is 9.29. The molecule has 1 aromatic heterocycles. The third-order valence-electron chi connectivity index (χ3n) is 3.79. The van der Waals surface area contributed by atoms with Crippen LogP contribution in [-0.2, 0) is 16.4 Å². The van der Waals surface area contributed by atoms with Gasteiger partial charge in [-0.05, 0) is 47.0 Å². The maximum absolute atomic E-state index is 13.0. The molecule has 0 unspecified atom stereocenters. The number of fused-ring (bicyclic) bond motifs is 1. The van der Waals surface area contributed by atoms with Crippen LogP contribution in [0.25, 0.3) is 10.9 Å². The van der Waals surface area contributed by atoms with Crippen LogP contribution in [0.2, 0.25) is 0 Å². The Morgan fingerprint density at radius 3 is 2.41 bits per heavy atom. The first-order valence-electron chi connectivity index (χ1n) is 7.06.